The van der Waals surface area contributed by atoms with E-state index in [-0.39, 0.29) is 11.3 Å². The van der Waals surface area contributed by atoms with Crippen molar-refractivity contribution in [3.8, 4) is 11.5 Å². The Morgan fingerprint density at radius 1 is 0.885 bits per heavy atom. The number of amides is 1. The van der Waals surface area contributed by atoms with Crippen LogP contribution in [0.15, 0.2) is 60.7 Å². The van der Waals surface area contributed by atoms with Gasteiger partial charge in [-0.05, 0) is 42.5 Å². The second-order valence-electron chi connectivity index (χ2n) is 7.22. The summed E-state index contributed by atoms with van der Waals surface area (Å²) in [5.74, 6) is 1.22. The molecule has 0 radical (unpaired) electrons. The van der Waals surface area contributed by atoms with E-state index in [2.05, 4.69) is 5.32 Å². The van der Waals surface area contributed by atoms with Gasteiger partial charge in [0.25, 0.3) is 5.91 Å². The quantitative estimate of drug-likeness (QED) is 0.736. The molecular formula is C22H19NO3. The minimum Gasteiger partial charge on any atom is -0.489 e. The standard InChI is InChI=1S/C22H19NO3/c24-21(23-18-7-3-5-15-4-1-2-6-17(15)18)16-8-9-19-20(12-16)26-14-22(10-11-22)13-25-19/h1-9,12H,10-11,13-14H2,(H,23,24). The number of carbonyl (C=O) groups is 1. The minimum atomic E-state index is -0.155. The van der Waals surface area contributed by atoms with Gasteiger partial charge in [-0.3, -0.25) is 4.79 Å². The fraction of sp³-hybridized carbons (Fsp3) is 0.227. The Hall–Kier alpha value is -3.01. The van der Waals surface area contributed by atoms with Crippen LogP contribution in [0.2, 0.25) is 0 Å². The van der Waals surface area contributed by atoms with Gasteiger partial charge in [0.05, 0.1) is 13.2 Å². The van der Waals surface area contributed by atoms with Crippen molar-refractivity contribution in [3.05, 3.63) is 66.2 Å². The van der Waals surface area contributed by atoms with E-state index in [0.717, 1.165) is 35.1 Å². The zero-order valence-electron chi connectivity index (χ0n) is 14.3. The Labute approximate surface area is 151 Å². The van der Waals surface area contributed by atoms with Gasteiger partial charge in [-0.15, -0.1) is 0 Å². The van der Waals surface area contributed by atoms with Crippen LogP contribution in [-0.4, -0.2) is 19.1 Å². The highest BCUT2D eigenvalue weighted by Crippen LogP contribution is 2.49. The fourth-order valence-electron chi connectivity index (χ4n) is 3.38. The number of carbonyl (C=O) groups excluding carboxylic acids is 1. The van der Waals surface area contributed by atoms with Crippen LogP contribution in [-0.2, 0) is 0 Å². The first-order valence-corrected chi connectivity index (χ1v) is 8.91. The number of anilines is 1. The molecule has 3 aromatic carbocycles. The molecule has 4 nitrogen and oxygen atoms in total. The number of fused-ring (bicyclic) bond motifs is 2. The van der Waals surface area contributed by atoms with Crippen LogP contribution in [0, 0.1) is 5.41 Å². The molecule has 0 saturated heterocycles. The average Bonchev–Trinajstić information content (AvgIpc) is 3.48. The Balaban J connectivity index is 1.41. The van der Waals surface area contributed by atoms with Gasteiger partial charge >= 0.3 is 0 Å². The molecule has 5 rings (SSSR count). The summed E-state index contributed by atoms with van der Waals surface area (Å²) in [6.07, 6.45) is 2.30. The molecule has 3 aromatic rings. The summed E-state index contributed by atoms with van der Waals surface area (Å²) in [5, 5.41) is 5.13. The van der Waals surface area contributed by atoms with E-state index in [4.69, 9.17) is 9.47 Å². The van der Waals surface area contributed by atoms with Crippen molar-refractivity contribution in [1.29, 1.82) is 0 Å². The van der Waals surface area contributed by atoms with Gasteiger partial charge in [0.2, 0.25) is 0 Å². The van der Waals surface area contributed by atoms with Crippen molar-refractivity contribution in [2.75, 3.05) is 18.5 Å². The molecule has 1 heterocycles. The summed E-state index contributed by atoms with van der Waals surface area (Å²) >= 11 is 0. The van der Waals surface area contributed by atoms with E-state index >= 15 is 0 Å². The lowest BCUT2D eigenvalue weighted by atomic mass is 10.1. The predicted octanol–water partition coefficient (Wildman–Crippen LogP) is 4.64. The van der Waals surface area contributed by atoms with Crippen molar-refractivity contribution in [2.45, 2.75) is 12.8 Å². The third-order valence-corrected chi connectivity index (χ3v) is 5.27. The Morgan fingerprint density at radius 3 is 2.50 bits per heavy atom. The van der Waals surface area contributed by atoms with Crippen molar-refractivity contribution in [3.63, 3.8) is 0 Å². The summed E-state index contributed by atoms with van der Waals surface area (Å²) in [4.78, 5) is 12.8. The summed E-state index contributed by atoms with van der Waals surface area (Å²) in [5.41, 5.74) is 1.55. The largest absolute Gasteiger partial charge is 0.489 e. The fourth-order valence-corrected chi connectivity index (χ4v) is 3.38. The first-order valence-electron chi connectivity index (χ1n) is 8.91. The van der Waals surface area contributed by atoms with Crippen LogP contribution in [0.5, 0.6) is 11.5 Å². The number of ether oxygens (including phenoxy) is 2. The highest BCUT2D eigenvalue weighted by atomic mass is 16.5. The highest BCUT2D eigenvalue weighted by molar-refractivity contribution is 6.09. The molecule has 26 heavy (non-hydrogen) atoms. The summed E-state index contributed by atoms with van der Waals surface area (Å²) in [6.45, 7) is 1.36. The molecule has 0 bridgehead atoms. The first-order chi connectivity index (χ1) is 12.7. The number of rotatable bonds is 2. The highest BCUT2D eigenvalue weighted by Gasteiger charge is 2.46. The third kappa shape index (κ3) is 2.68. The Morgan fingerprint density at radius 2 is 1.65 bits per heavy atom. The lowest BCUT2D eigenvalue weighted by Gasteiger charge is -2.11. The van der Waals surface area contributed by atoms with E-state index in [1.807, 2.05) is 48.5 Å². The molecule has 1 saturated carbocycles. The number of hydrogen-bond donors (Lipinski definition) is 1. The minimum absolute atomic E-state index is 0.155. The number of benzene rings is 3. The number of nitrogens with one attached hydrogen (secondary N) is 1. The topological polar surface area (TPSA) is 47.6 Å². The van der Waals surface area contributed by atoms with Gasteiger partial charge < -0.3 is 14.8 Å². The molecule has 0 unspecified atom stereocenters. The van der Waals surface area contributed by atoms with Gasteiger partial charge in [-0.1, -0.05) is 36.4 Å². The van der Waals surface area contributed by atoms with Crippen molar-refractivity contribution in [2.24, 2.45) is 5.41 Å². The maximum atomic E-state index is 12.8. The summed E-state index contributed by atoms with van der Waals surface area (Å²) < 4.78 is 11.8. The second kappa shape index (κ2) is 5.77. The van der Waals surface area contributed by atoms with Gasteiger partial charge in [0, 0.05) is 22.1 Å². The van der Waals surface area contributed by atoms with Gasteiger partial charge in [-0.25, -0.2) is 0 Å². The first kappa shape index (κ1) is 15.3. The molecule has 1 aliphatic carbocycles. The zero-order chi connectivity index (χ0) is 17.6. The van der Waals surface area contributed by atoms with E-state index in [1.165, 1.54) is 0 Å². The SMILES string of the molecule is O=C(Nc1cccc2ccccc12)c1ccc2c(c1)OCC1(CC1)CO2. The molecule has 1 aliphatic heterocycles. The molecule has 1 amide bonds. The maximum absolute atomic E-state index is 12.8. The van der Waals surface area contributed by atoms with Crippen LogP contribution in [0.1, 0.15) is 23.2 Å². The molecular weight excluding hydrogens is 326 g/mol. The van der Waals surface area contributed by atoms with Gasteiger partial charge in [-0.2, -0.15) is 0 Å². The predicted molar refractivity (Wildman–Crippen MR) is 101 cm³/mol. The zero-order valence-corrected chi connectivity index (χ0v) is 14.3. The van der Waals surface area contributed by atoms with E-state index < -0.39 is 0 Å². The van der Waals surface area contributed by atoms with Gasteiger partial charge in [0.1, 0.15) is 0 Å². The van der Waals surface area contributed by atoms with Crippen LogP contribution >= 0.6 is 0 Å². The van der Waals surface area contributed by atoms with Crippen LogP contribution in [0.3, 0.4) is 0 Å². The maximum Gasteiger partial charge on any atom is 0.255 e. The van der Waals surface area contributed by atoms with Crippen LogP contribution < -0.4 is 14.8 Å². The van der Waals surface area contributed by atoms with E-state index in [1.54, 1.807) is 12.1 Å². The van der Waals surface area contributed by atoms with Crippen LogP contribution in [0.25, 0.3) is 10.8 Å². The monoisotopic (exact) mass is 345 g/mol. The molecule has 1 N–H and O–H groups in total. The van der Waals surface area contributed by atoms with E-state index in [9.17, 15) is 4.79 Å². The molecule has 0 atom stereocenters. The number of hydrogen-bond acceptors (Lipinski definition) is 3. The second-order valence-corrected chi connectivity index (χ2v) is 7.22. The van der Waals surface area contributed by atoms with Crippen molar-refractivity contribution < 1.29 is 14.3 Å². The average molecular weight is 345 g/mol. The van der Waals surface area contributed by atoms with Crippen molar-refractivity contribution in [1.82, 2.24) is 0 Å². The summed E-state index contributed by atoms with van der Waals surface area (Å²) in [6, 6.07) is 19.3. The summed E-state index contributed by atoms with van der Waals surface area (Å²) in [7, 11) is 0. The van der Waals surface area contributed by atoms with E-state index in [0.29, 0.717) is 24.5 Å². The molecule has 1 fully saturated rings. The van der Waals surface area contributed by atoms with Crippen molar-refractivity contribution >= 4 is 22.4 Å². The molecule has 4 heteroatoms. The molecule has 1 spiro atoms. The third-order valence-electron chi connectivity index (χ3n) is 5.27. The lowest BCUT2D eigenvalue weighted by molar-refractivity contribution is 0.102. The lowest BCUT2D eigenvalue weighted by Crippen LogP contribution is -2.17. The molecule has 0 aromatic heterocycles. The Kier molecular flexibility index (Phi) is 3.38. The van der Waals surface area contributed by atoms with Gasteiger partial charge in [0.15, 0.2) is 11.5 Å². The molecule has 130 valence electrons. The normalized spacial score (nSPS) is 16.9. The van der Waals surface area contributed by atoms with Crippen LogP contribution in [0.4, 0.5) is 5.69 Å². The smallest absolute Gasteiger partial charge is 0.255 e. The molecule has 2 aliphatic rings. The Bertz CT molecular complexity index is 1000.